The van der Waals surface area contributed by atoms with E-state index in [1.165, 1.54) is 11.3 Å². The molecule has 2 aromatic heterocycles. The van der Waals surface area contributed by atoms with Gasteiger partial charge in [0, 0.05) is 11.6 Å². The Morgan fingerprint density at radius 3 is 2.75 bits per heavy atom. The molecule has 8 heteroatoms. The van der Waals surface area contributed by atoms with Crippen LogP contribution in [0.25, 0.3) is 11.4 Å². The average molecular weight is 347 g/mol. The molecule has 2 N–H and O–H groups in total. The summed E-state index contributed by atoms with van der Waals surface area (Å²) < 4.78 is 32.8. The Kier molecular flexibility index (Phi) is 4.48. The third-order valence-electron chi connectivity index (χ3n) is 3.13. The number of carbonyl (C=O) groups excluding carboxylic acids is 1. The van der Waals surface area contributed by atoms with Crippen LogP contribution in [0.15, 0.2) is 41.9 Å². The summed E-state index contributed by atoms with van der Waals surface area (Å²) in [5.74, 6) is -3.61. The zero-order valence-electron chi connectivity index (χ0n) is 12.2. The van der Waals surface area contributed by atoms with Crippen LogP contribution in [0.4, 0.5) is 8.78 Å². The minimum Gasteiger partial charge on any atom is -0.483 e. The first-order valence-electron chi connectivity index (χ1n) is 6.82. The van der Waals surface area contributed by atoms with E-state index >= 15 is 0 Å². The van der Waals surface area contributed by atoms with Crippen LogP contribution in [0.1, 0.15) is 15.4 Å². The number of carbonyl (C=O) groups is 1. The lowest BCUT2D eigenvalue weighted by Crippen LogP contribution is -2.16. The minimum atomic E-state index is -1.19. The number of ether oxygens (including phenoxy) is 1. The number of rotatable bonds is 5. The molecule has 0 spiro atoms. The molecule has 0 saturated heterocycles. The van der Waals surface area contributed by atoms with Gasteiger partial charge in [0.25, 0.3) is 5.91 Å². The molecule has 0 radical (unpaired) electrons. The third kappa shape index (κ3) is 3.23. The number of hydrogen-bond donors (Lipinski definition) is 1. The smallest absolute Gasteiger partial charge is 0.254 e. The predicted molar refractivity (Wildman–Crippen MR) is 84.6 cm³/mol. The van der Waals surface area contributed by atoms with Crippen molar-refractivity contribution in [1.82, 2.24) is 9.97 Å². The Bertz CT molecular complexity index is 884. The standard InChI is InChI=1S/C16H11F2N3O2S/c17-9-4-5-12(15(18)14(9)16(19)22)23-7-13-21-11(8-24-13)10-3-1-2-6-20-10/h1-6,8H,7H2,(H2,19,22). The van der Waals surface area contributed by atoms with Crippen LogP contribution >= 0.6 is 11.3 Å². The molecule has 1 amide bonds. The Balaban J connectivity index is 1.76. The van der Waals surface area contributed by atoms with E-state index in [0.717, 1.165) is 12.1 Å². The zero-order chi connectivity index (χ0) is 17.1. The molecule has 2 heterocycles. The fourth-order valence-corrected chi connectivity index (χ4v) is 2.72. The molecule has 3 rings (SSSR count). The van der Waals surface area contributed by atoms with Gasteiger partial charge >= 0.3 is 0 Å². The lowest BCUT2D eigenvalue weighted by molar-refractivity contribution is 0.0991. The molecule has 3 aromatic rings. The number of primary amides is 1. The maximum absolute atomic E-state index is 14.1. The van der Waals surface area contributed by atoms with E-state index in [1.807, 2.05) is 12.1 Å². The van der Waals surface area contributed by atoms with Gasteiger partial charge in [0.15, 0.2) is 11.6 Å². The number of benzene rings is 1. The van der Waals surface area contributed by atoms with Crippen LogP contribution < -0.4 is 10.5 Å². The van der Waals surface area contributed by atoms with Gasteiger partial charge in [0.05, 0.1) is 11.4 Å². The molecule has 0 bridgehead atoms. The molecule has 122 valence electrons. The molecule has 24 heavy (non-hydrogen) atoms. The van der Waals surface area contributed by atoms with E-state index in [9.17, 15) is 13.6 Å². The summed E-state index contributed by atoms with van der Waals surface area (Å²) in [6.45, 7) is -0.0295. The van der Waals surface area contributed by atoms with Gasteiger partial charge < -0.3 is 10.5 Å². The van der Waals surface area contributed by atoms with Crippen LogP contribution in [-0.4, -0.2) is 15.9 Å². The summed E-state index contributed by atoms with van der Waals surface area (Å²) in [5.41, 5.74) is 5.54. The summed E-state index contributed by atoms with van der Waals surface area (Å²) >= 11 is 1.32. The molecule has 0 fully saturated rings. The molecular formula is C16H11F2N3O2S. The van der Waals surface area contributed by atoms with Crippen molar-refractivity contribution >= 4 is 17.2 Å². The SMILES string of the molecule is NC(=O)c1c(F)ccc(OCc2nc(-c3ccccn3)cs2)c1F. The number of nitrogens with two attached hydrogens (primary N) is 1. The summed E-state index contributed by atoms with van der Waals surface area (Å²) in [5, 5.41) is 2.39. The molecule has 0 atom stereocenters. The van der Waals surface area contributed by atoms with Gasteiger partial charge in [-0.15, -0.1) is 11.3 Å². The van der Waals surface area contributed by atoms with Gasteiger partial charge in [-0.3, -0.25) is 9.78 Å². The van der Waals surface area contributed by atoms with Crippen molar-refractivity contribution in [1.29, 1.82) is 0 Å². The molecule has 0 unspecified atom stereocenters. The maximum Gasteiger partial charge on any atom is 0.254 e. The fraction of sp³-hybridized carbons (Fsp3) is 0.0625. The molecule has 5 nitrogen and oxygen atoms in total. The number of hydrogen-bond acceptors (Lipinski definition) is 5. The van der Waals surface area contributed by atoms with Crippen LogP contribution in [0.3, 0.4) is 0 Å². The van der Waals surface area contributed by atoms with E-state index in [4.69, 9.17) is 10.5 Å². The van der Waals surface area contributed by atoms with Crippen LogP contribution in [0.5, 0.6) is 5.75 Å². The van der Waals surface area contributed by atoms with Gasteiger partial charge in [0.1, 0.15) is 23.0 Å². The molecule has 0 saturated carbocycles. The highest BCUT2D eigenvalue weighted by atomic mass is 32.1. The largest absolute Gasteiger partial charge is 0.483 e. The van der Waals surface area contributed by atoms with Gasteiger partial charge in [-0.1, -0.05) is 6.07 Å². The number of nitrogens with zero attached hydrogens (tertiary/aromatic N) is 2. The number of halogens is 2. The van der Waals surface area contributed by atoms with E-state index in [1.54, 1.807) is 17.6 Å². The Hall–Kier alpha value is -2.87. The summed E-state index contributed by atoms with van der Waals surface area (Å²) in [6, 6.07) is 7.49. The molecule has 1 aromatic carbocycles. The minimum absolute atomic E-state index is 0.0295. The van der Waals surface area contributed by atoms with Gasteiger partial charge in [0.2, 0.25) is 0 Å². The second-order valence-corrected chi connectivity index (χ2v) is 5.67. The molecule has 0 aliphatic carbocycles. The van der Waals surface area contributed by atoms with Crippen molar-refractivity contribution in [3.63, 3.8) is 0 Å². The first kappa shape index (κ1) is 16.0. The predicted octanol–water partition coefficient (Wildman–Crippen LogP) is 3.16. The van der Waals surface area contributed by atoms with E-state index in [2.05, 4.69) is 9.97 Å². The third-order valence-corrected chi connectivity index (χ3v) is 3.95. The second kappa shape index (κ2) is 6.71. The molecule has 0 aliphatic heterocycles. The highest BCUT2D eigenvalue weighted by Gasteiger charge is 2.19. The van der Waals surface area contributed by atoms with Gasteiger partial charge in [-0.25, -0.2) is 13.8 Å². The maximum atomic E-state index is 14.1. The summed E-state index contributed by atoms with van der Waals surface area (Å²) in [7, 11) is 0. The summed E-state index contributed by atoms with van der Waals surface area (Å²) in [6.07, 6.45) is 1.66. The van der Waals surface area contributed by atoms with Crippen molar-refractivity contribution in [3.05, 3.63) is 64.1 Å². The Morgan fingerprint density at radius 1 is 1.21 bits per heavy atom. The topological polar surface area (TPSA) is 78.1 Å². The van der Waals surface area contributed by atoms with Gasteiger partial charge in [-0.2, -0.15) is 0 Å². The lowest BCUT2D eigenvalue weighted by Gasteiger charge is -2.08. The lowest BCUT2D eigenvalue weighted by atomic mass is 10.2. The second-order valence-electron chi connectivity index (χ2n) is 4.73. The van der Waals surface area contributed by atoms with Crippen LogP contribution in [0, 0.1) is 11.6 Å². The fourth-order valence-electron chi connectivity index (χ4n) is 2.02. The quantitative estimate of drug-likeness (QED) is 0.769. The number of amides is 1. The van der Waals surface area contributed by atoms with Crippen molar-refractivity contribution in [2.24, 2.45) is 5.73 Å². The highest BCUT2D eigenvalue weighted by molar-refractivity contribution is 7.09. The van der Waals surface area contributed by atoms with E-state index in [0.29, 0.717) is 16.4 Å². The summed E-state index contributed by atoms with van der Waals surface area (Å²) in [4.78, 5) is 19.6. The van der Waals surface area contributed by atoms with Crippen molar-refractivity contribution in [2.75, 3.05) is 0 Å². The van der Waals surface area contributed by atoms with Crippen molar-refractivity contribution in [2.45, 2.75) is 6.61 Å². The molecule has 0 aliphatic rings. The van der Waals surface area contributed by atoms with Crippen LogP contribution in [0.2, 0.25) is 0 Å². The van der Waals surface area contributed by atoms with Crippen LogP contribution in [-0.2, 0) is 6.61 Å². The van der Waals surface area contributed by atoms with E-state index in [-0.39, 0.29) is 12.4 Å². The highest BCUT2D eigenvalue weighted by Crippen LogP contribution is 2.25. The Labute approximate surface area is 139 Å². The first-order chi connectivity index (χ1) is 11.6. The first-order valence-corrected chi connectivity index (χ1v) is 7.70. The monoisotopic (exact) mass is 347 g/mol. The average Bonchev–Trinajstić information content (AvgIpc) is 3.04. The Morgan fingerprint density at radius 2 is 2.04 bits per heavy atom. The van der Waals surface area contributed by atoms with Crippen molar-refractivity contribution in [3.8, 4) is 17.1 Å². The van der Waals surface area contributed by atoms with E-state index < -0.39 is 23.1 Å². The van der Waals surface area contributed by atoms with Crippen molar-refractivity contribution < 1.29 is 18.3 Å². The number of pyridine rings is 1. The normalized spacial score (nSPS) is 10.6. The van der Waals surface area contributed by atoms with Gasteiger partial charge in [-0.05, 0) is 24.3 Å². The molecular weight excluding hydrogens is 336 g/mol. The number of aromatic nitrogens is 2. The number of thiazole rings is 1. The zero-order valence-corrected chi connectivity index (χ0v) is 13.0.